The first-order chi connectivity index (χ1) is 11.3. The van der Waals surface area contributed by atoms with Crippen molar-refractivity contribution in [2.24, 2.45) is 5.92 Å². The molecule has 0 spiro atoms. The number of ether oxygens (including phenoxy) is 1. The number of aromatic nitrogens is 1. The first-order valence-corrected chi connectivity index (χ1v) is 8.50. The maximum absolute atomic E-state index is 12.2. The molecule has 0 amide bonds. The van der Waals surface area contributed by atoms with Crippen LogP contribution in [0, 0.1) is 12.8 Å². The van der Waals surface area contributed by atoms with E-state index in [0.29, 0.717) is 11.4 Å². The van der Waals surface area contributed by atoms with Gasteiger partial charge in [-0.25, -0.2) is 9.59 Å². The molecule has 0 aromatic carbocycles. The number of rotatable bonds is 7. The van der Waals surface area contributed by atoms with E-state index in [0.717, 1.165) is 24.1 Å². The van der Waals surface area contributed by atoms with Crippen LogP contribution in [0.4, 0.5) is 0 Å². The summed E-state index contributed by atoms with van der Waals surface area (Å²) in [6.45, 7) is 5.46. The van der Waals surface area contributed by atoms with Crippen LogP contribution in [0.25, 0.3) is 0 Å². The third-order valence-electron chi connectivity index (χ3n) is 4.30. The Balaban J connectivity index is 2.38. The fraction of sp³-hybridized carbons (Fsp3) is 0.500. The van der Waals surface area contributed by atoms with Crippen LogP contribution in [0.5, 0.6) is 0 Å². The third-order valence-corrected chi connectivity index (χ3v) is 4.71. The third kappa shape index (κ3) is 4.35. The molecule has 1 saturated carbocycles. The molecule has 1 heterocycles. The van der Waals surface area contributed by atoms with Crippen LogP contribution < -0.4 is 0 Å². The van der Waals surface area contributed by atoms with Gasteiger partial charge in [0.2, 0.25) is 0 Å². The van der Waals surface area contributed by atoms with Crippen molar-refractivity contribution < 1.29 is 19.4 Å². The van der Waals surface area contributed by atoms with Crippen LogP contribution in [-0.2, 0) is 14.3 Å². The largest absolute Gasteiger partial charge is 0.477 e. The number of carbonyl (C=O) groups excluding carboxylic acids is 1. The molecule has 2 rings (SSSR count). The van der Waals surface area contributed by atoms with E-state index in [9.17, 15) is 14.7 Å². The lowest BCUT2D eigenvalue weighted by Crippen LogP contribution is -2.21. The van der Waals surface area contributed by atoms with Crippen LogP contribution in [0.1, 0.15) is 50.3 Å². The van der Waals surface area contributed by atoms with E-state index >= 15 is 0 Å². The molecule has 1 aliphatic rings. The lowest BCUT2D eigenvalue weighted by atomic mass is 9.93. The van der Waals surface area contributed by atoms with Crippen molar-refractivity contribution in [2.45, 2.75) is 52.1 Å². The van der Waals surface area contributed by atoms with Gasteiger partial charge >= 0.3 is 11.9 Å². The number of carboxylic acids is 1. The van der Waals surface area contributed by atoms with Crippen molar-refractivity contribution in [2.75, 3.05) is 0 Å². The van der Waals surface area contributed by atoms with Crippen LogP contribution in [0.3, 0.4) is 0 Å². The van der Waals surface area contributed by atoms with Crippen molar-refractivity contribution in [1.82, 2.24) is 4.98 Å². The highest BCUT2D eigenvalue weighted by Crippen LogP contribution is 2.44. The van der Waals surface area contributed by atoms with Gasteiger partial charge in [-0.05, 0) is 50.7 Å². The molecular weight excluding hydrogens is 330 g/mol. The number of pyridine rings is 1. The lowest BCUT2D eigenvalue weighted by molar-refractivity contribution is -0.147. The summed E-state index contributed by atoms with van der Waals surface area (Å²) in [7, 11) is 0. The number of halogens is 1. The molecule has 1 aromatic heterocycles. The standard InChI is InChI=1S/C18H22ClNO4/c1-4-10(2)24-18(23)14(17(21)22)9-13(12-5-6-12)16-11(3)15(19)7-8-20-16/h7-10,12-13H,4-6H2,1-3H3,(H,21,22). The molecule has 1 fully saturated rings. The van der Waals surface area contributed by atoms with E-state index in [-0.39, 0.29) is 23.5 Å². The molecule has 130 valence electrons. The number of hydrogen-bond donors (Lipinski definition) is 1. The number of carbonyl (C=O) groups is 2. The number of allylic oxidation sites excluding steroid dienone is 1. The van der Waals surface area contributed by atoms with Crippen LogP contribution in [0.15, 0.2) is 23.9 Å². The van der Waals surface area contributed by atoms with Gasteiger partial charge in [0.05, 0.1) is 11.8 Å². The van der Waals surface area contributed by atoms with Crippen LogP contribution in [-0.4, -0.2) is 28.1 Å². The van der Waals surface area contributed by atoms with Gasteiger partial charge in [-0.1, -0.05) is 24.6 Å². The fourth-order valence-electron chi connectivity index (χ4n) is 2.49. The normalized spacial score (nSPS) is 17.2. The molecule has 0 aliphatic heterocycles. The summed E-state index contributed by atoms with van der Waals surface area (Å²) >= 11 is 6.16. The van der Waals surface area contributed by atoms with Gasteiger partial charge in [-0.2, -0.15) is 0 Å². The van der Waals surface area contributed by atoms with Crippen molar-refractivity contribution in [3.05, 3.63) is 40.2 Å². The van der Waals surface area contributed by atoms with Crippen LogP contribution in [0.2, 0.25) is 5.02 Å². The zero-order valence-corrected chi connectivity index (χ0v) is 14.8. The summed E-state index contributed by atoms with van der Waals surface area (Å²) in [6.07, 6.45) is 5.33. The molecule has 24 heavy (non-hydrogen) atoms. The van der Waals surface area contributed by atoms with Gasteiger partial charge in [-0.15, -0.1) is 0 Å². The van der Waals surface area contributed by atoms with Crippen molar-refractivity contribution in [1.29, 1.82) is 0 Å². The Morgan fingerprint density at radius 1 is 1.50 bits per heavy atom. The zero-order valence-electron chi connectivity index (χ0n) is 14.1. The maximum atomic E-state index is 12.2. The number of aliphatic carboxylic acids is 1. The highest BCUT2D eigenvalue weighted by Gasteiger charge is 2.35. The molecule has 2 atom stereocenters. The predicted molar refractivity (Wildman–Crippen MR) is 91.0 cm³/mol. The highest BCUT2D eigenvalue weighted by atomic mass is 35.5. The molecule has 0 saturated heterocycles. The van der Waals surface area contributed by atoms with Crippen molar-refractivity contribution in [3.8, 4) is 0 Å². The topological polar surface area (TPSA) is 76.5 Å². The molecular formula is C18H22ClNO4. The van der Waals surface area contributed by atoms with E-state index in [1.807, 2.05) is 13.8 Å². The Kier molecular flexibility index (Phi) is 5.99. The van der Waals surface area contributed by atoms with Crippen molar-refractivity contribution >= 4 is 23.5 Å². The Hall–Kier alpha value is -1.88. The lowest BCUT2D eigenvalue weighted by Gasteiger charge is -2.17. The summed E-state index contributed by atoms with van der Waals surface area (Å²) in [4.78, 5) is 28.1. The van der Waals surface area contributed by atoms with E-state index in [4.69, 9.17) is 16.3 Å². The Morgan fingerprint density at radius 3 is 2.71 bits per heavy atom. The van der Waals surface area contributed by atoms with Gasteiger partial charge in [0.1, 0.15) is 5.57 Å². The Labute approximate surface area is 146 Å². The van der Waals surface area contributed by atoms with Gasteiger partial charge < -0.3 is 9.84 Å². The summed E-state index contributed by atoms with van der Waals surface area (Å²) in [6, 6.07) is 1.70. The fourth-order valence-corrected chi connectivity index (χ4v) is 2.65. The molecule has 0 bridgehead atoms. The minimum absolute atomic E-state index is 0.251. The first kappa shape index (κ1) is 18.5. The predicted octanol–water partition coefficient (Wildman–Crippen LogP) is 3.89. The molecule has 1 aromatic rings. The summed E-state index contributed by atoms with van der Waals surface area (Å²) in [5, 5.41) is 10.0. The Bertz CT molecular complexity index is 667. The van der Waals surface area contributed by atoms with Gasteiger partial charge in [0.25, 0.3) is 0 Å². The minimum atomic E-state index is -1.28. The molecule has 2 unspecified atom stereocenters. The zero-order chi connectivity index (χ0) is 17.9. The number of nitrogens with zero attached hydrogens (tertiary/aromatic N) is 1. The molecule has 0 radical (unpaired) electrons. The molecule has 5 nitrogen and oxygen atoms in total. The monoisotopic (exact) mass is 351 g/mol. The van der Waals surface area contributed by atoms with E-state index in [1.54, 1.807) is 19.2 Å². The molecule has 6 heteroatoms. The van der Waals surface area contributed by atoms with E-state index in [1.165, 1.54) is 6.08 Å². The van der Waals surface area contributed by atoms with E-state index in [2.05, 4.69) is 4.98 Å². The molecule has 1 N–H and O–H groups in total. The summed E-state index contributed by atoms with van der Waals surface area (Å²) in [5.41, 5.74) is 1.20. The summed E-state index contributed by atoms with van der Waals surface area (Å²) < 4.78 is 5.18. The second kappa shape index (κ2) is 7.79. The van der Waals surface area contributed by atoms with Gasteiger partial charge in [0, 0.05) is 17.1 Å². The minimum Gasteiger partial charge on any atom is -0.477 e. The van der Waals surface area contributed by atoms with Crippen molar-refractivity contribution in [3.63, 3.8) is 0 Å². The maximum Gasteiger partial charge on any atom is 0.345 e. The second-order valence-electron chi connectivity index (χ2n) is 6.18. The SMILES string of the molecule is CCC(C)OC(=O)C(=CC(c1nccc(Cl)c1C)C1CC1)C(=O)O. The number of hydrogen-bond acceptors (Lipinski definition) is 4. The number of carboxylic acid groups (broad SMARTS) is 1. The Morgan fingerprint density at radius 2 is 2.17 bits per heavy atom. The molecule has 1 aliphatic carbocycles. The smallest absolute Gasteiger partial charge is 0.345 e. The first-order valence-electron chi connectivity index (χ1n) is 8.12. The number of esters is 1. The second-order valence-corrected chi connectivity index (χ2v) is 6.58. The van der Waals surface area contributed by atoms with Gasteiger partial charge in [0.15, 0.2) is 0 Å². The summed E-state index contributed by atoms with van der Waals surface area (Å²) in [5.74, 6) is -2.06. The quantitative estimate of drug-likeness (QED) is 0.349. The van der Waals surface area contributed by atoms with Crippen LogP contribution >= 0.6 is 11.6 Å². The van der Waals surface area contributed by atoms with Gasteiger partial charge in [-0.3, -0.25) is 4.98 Å². The highest BCUT2D eigenvalue weighted by molar-refractivity contribution is 6.31. The average Bonchev–Trinajstić information content (AvgIpc) is 3.35. The average molecular weight is 352 g/mol. The van der Waals surface area contributed by atoms with E-state index < -0.39 is 11.9 Å².